The molecule has 6 heteroatoms. The summed E-state index contributed by atoms with van der Waals surface area (Å²) in [7, 11) is -3.63. The van der Waals surface area contributed by atoms with Gasteiger partial charge in [-0.05, 0) is 43.7 Å². The van der Waals surface area contributed by atoms with Crippen LogP contribution in [0.2, 0.25) is 0 Å². The number of sulfonamides is 1. The zero-order valence-corrected chi connectivity index (χ0v) is 12.9. The van der Waals surface area contributed by atoms with E-state index in [9.17, 15) is 8.42 Å². The molecule has 5 nitrogen and oxygen atoms in total. The predicted octanol–water partition coefficient (Wildman–Crippen LogP) is 2.14. The number of aromatic nitrogens is 1. The van der Waals surface area contributed by atoms with Crippen LogP contribution in [0.25, 0.3) is 0 Å². The molecule has 0 aliphatic rings. The van der Waals surface area contributed by atoms with E-state index in [1.807, 2.05) is 26.0 Å². The van der Waals surface area contributed by atoms with Crippen LogP contribution in [0.1, 0.15) is 19.4 Å². The number of rotatable bonds is 5. The maximum absolute atomic E-state index is 12.8. The predicted molar refractivity (Wildman–Crippen MR) is 83.4 cm³/mol. The highest BCUT2D eigenvalue weighted by atomic mass is 32.2. The van der Waals surface area contributed by atoms with E-state index in [1.165, 1.54) is 10.5 Å². The Hall–Kier alpha value is -1.92. The molecule has 0 radical (unpaired) electrons. The van der Waals surface area contributed by atoms with Gasteiger partial charge in [0.15, 0.2) is 0 Å². The van der Waals surface area contributed by atoms with E-state index < -0.39 is 10.0 Å². The molecule has 2 N–H and O–H groups in total. The van der Waals surface area contributed by atoms with E-state index in [2.05, 4.69) is 4.98 Å². The van der Waals surface area contributed by atoms with Crippen LogP contribution < -0.4 is 10.0 Å². The first-order chi connectivity index (χ1) is 9.96. The summed E-state index contributed by atoms with van der Waals surface area (Å²) in [6.45, 7) is 4.10. The fraction of sp³-hybridized carbons (Fsp3) is 0.267. The average Bonchev–Trinajstić information content (AvgIpc) is 2.48. The van der Waals surface area contributed by atoms with Crippen LogP contribution in [-0.2, 0) is 16.6 Å². The van der Waals surface area contributed by atoms with E-state index in [4.69, 9.17) is 5.73 Å². The topological polar surface area (TPSA) is 76.3 Å². The maximum atomic E-state index is 12.8. The Balaban J connectivity index is 2.48. The summed E-state index contributed by atoms with van der Waals surface area (Å²) in [5.74, 6) is 0. The van der Waals surface area contributed by atoms with Gasteiger partial charge in [-0.1, -0.05) is 12.1 Å². The molecule has 0 saturated heterocycles. The van der Waals surface area contributed by atoms with Gasteiger partial charge in [-0.2, -0.15) is 0 Å². The molecule has 21 heavy (non-hydrogen) atoms. The highest BCUT2D eigenvalue weighted by Gasteiger charge is 2.27. The quantitative estimate of drug-likeness (QED) is 0.918. The van der Waals surface area contributed by atoms with Crippen molar-refractivity contribution in [2.75, 3.05) is 4.31 Å². The molecular weight excluding hydrogens is 286 g/mol. The second-order valence-electron chi connectivity index (χ2n) is 4.95. The minimum Gasteiger partial charge on any atom is -0.326 e. The molecule has 0 spiro atoms. The summed E-state index contributed by atoms with van der Waals surface area (Å²) in [6.07, 6.45) is 2.91. The summed E-state index contributed by atoms with van der Waals surface area (Å²) < 4.78 is 27.0. The molecule has 1 aromatic heterocycles. The molecule has 2 rings (SSSR count). The SMILES string of the molecule is CC(C)N(c1ccc(CN)cc1)S(=O)(=O)c1cccnc1. The molecule has 0 aliphatic carbocycles. The van der Waals surface area contributed by atoms with Crippen LogP contribution in [0, 0.1) is 0 Å². The normalized spacial score (nSPS) is 11.6. The minimum absolute atomic E-state index is 0.182. The van der Waals surface area contributed by atoms with Crippen molar-refractivity contribution in [3.8, 4) is 0 Å². The number of hydrogen-bond acceptors (Lipinski definition) is 4. The third-order valence-electron chi connectivity index (χ3n) is 3.09. The van der Waals surface area contributed by atoms with Crippen molar-refractivity contribution < 1.29 is 8.42 Å². The molecule has 2 aromatic rings. The van der Waals surface area contributed by atoms with Crippen LogP contribution in [0.15, 0.2) is 53.7 Å². The second kappa shape index (κ2) is 6.24. The fourth-order valence-electron chi connectivity index (χ4n) is 2.11. The maximum Gasteiger partial charge on any atom is 0.266 e. The zero-order valence-electron chi connectivity index (χ0n) is 12.1. The number of nitrogens with two attached hydrogens (primary N) is 1. The summed E-state index contributed by atoms with van der Waals surface area (Å²) >= 11 is 0. The van der Waals surface area contributed by atoms with Gasteiger partial charge in [0.2, 0.25) is 0 Å². The van der Waals surface area contributed by atoms with E-state index in [0.29, 0.717) is 12.2 Å². The van der Waals surface area contributed by atoms with E-state index in [-0.39, 0.29) is 10.9 Å². The van der Waals surface area contributed by atoms with Crippen molar-refractivity contribution in [2.24, 2.45) is 5.73 Å². The summed E-state index contributed by atoms with van der Waals surface area (Å²) in [4.78, 5) is 4.07. The van der Waals surface area contributed by atoms with Crippen molar-refractivity contribution >= 4 is 15.7 Å². The highest BCUT2D eigenvalue weighted by molar-refractivity contribution is 7.92. The standard InChI is InChI=1S/C15H19N3O2S/c1-12(2)18(14-7-5-13(10-16)6-8-14)21(19,20)15-4-3-9-17-11-15/h3-9,11-12H,10,16H2,1-2H3. The molecule has 0 atom stereocenters. The molecule has 0 saturated carbocycles. The first-order valence-electron chi connectivity index (χ1n) is 6.70. The third kappa shape index (κ3) is 3.22. The van der Waals surface area contributed by atoms with Gasteiger partial charge in [-0.15, -0.1) is 0 Å². The molecule has 0 unspecified atom stereocenters. The molecule has 1 heterocycles. The summed E-state index contributed by atoms with van der Waals surface area (Å²) in [5, 5.41) is 0. The van der Waals surface area contributed by atoms with Gasteiger partial charge in [0.25, 0.3) is 10.0 Å². The molecular formula is C15H19N3O2S. The van der Waals surface area contributed by atoms with Gasteiger partial charge in [0, 0.05) is 25.0 Å². The van der Waals surface area contributed by atoms with Gasteiger partial charge < -0.3 is 5.73 Å². The van der Waals surface area contributed by atoms with Crippen molar-refractivity contribution in [2.45, 2.75) is 31.3 Å². The zero-order chi connectivity index (χ0) is 15.5. The van der Waals surface area contributed by atoms with Gasteiger partial charge in [-0.25, -0.2) is 8.42 Å². The van der Waals surface area contributed by atoms with Gasteiger partial charge in [-0.3, -0.25) is 9.29 Å². The largest absolute Gasteiger partial charge is 0.326 e. The van der Waals surface area contributed by atoms with Gasteiger partial charge >= 0.3 is 0 Å². The third-order valence-corrected chi connectivity index (χ3v) is 5.07. The number of anilines is 1. The fourth-order valence-corrected chi connectivity index (χ4v) is 3.73. The Morgan fingerprint density at radius 3 is 2.33 bits per heavy atom. The Morgan fingerprint density at radius 2 is 1.86 bits per heavy atom. The van der Waals surface area contributed by atoms with Crippen LogP contribution in [-0.4, -0.2) is 19.4 Å². The van der Waals surface area contributed by atoms with E-state index >= 15 is 0 Å². The number of nitrogens with zero attached hydrogens (tertiary/aromatic N) is 2. The number of benzene rings is 1. The lowest BCUT2D eigenvalue weighted by atomic mass is 10.2. The Bertz CT molecular complexity index is 683. The van der Waals surface area contributed by atoms with Crippen molar-refractivity contribution in [1.29, 1.82) is 0 Å². The first-order valence-corrected chi connectivity index (χ1v) is 8.14. The van der Waals surface area contributed by atoms with Crippen molar-refractivity contribution in [3.63, 3.8) is 0 Å². The monoisotopic (exact) mass is 305 g/mol. The highest BCUT2D eigenvalue weighted by Crippen LogP contribution is 2.26. The van der Waals surface area contributed by atoms with Crippen LogP contribution >= 0.6 is 0 Å². The Kier molecular flexibility index (Phi) is 4.59. The molecule has 0 amide bonds. The van der Waals surface area contributed by atoms with Crippen molar-refractivity contribution in [1.82, 2.24) is 4.98 Å². The average molecular weight is 305 g/mol. The molecule has 0 bridgehead atoms. The summed E-state index contributed by atoms with van der Waals surface area (Å²) in [5.41, 5.74) is 7.15. The van der Waals surface area contributed by atoms with Crippen LogP contribution in [0.3, 0.4) is 0 Å². The number of pyridine rings is 1. The second-order valence-corrected chi connectivity index (χ2v) is 6.77. The lowest BCUT2D eigenvalue weighted by Crippen LogP contribution is -2.37. The first kappa shape index (κ1) is 15.5. The lowest BCUT2D eigenvalue weighted by Gasteiger charge is -2.28. The molecule has 112 valence electrons. The number of hydrogen-bond donors (Lipinski definition) is 1. The van der Waals surface area contributed by atoms with Crippen molar-refractivity contribution in [3.05, 3.63) is 54.4 Å². The Labute approximate surface area is 125 Å². The smallest absolute Gasteiger partial charge is 0.266 e. The molecule has 1 aromatic carbocycles. The van der Waals surface area contributed by atoms with Crippen LogP contribution in [0.5, 0.6) is 0 Å². The van der Waals surface area contributed by atoms with E-state index in [1.54, 1.807) is 30.5 Å². The van der Waals surface area contributed by atoms with E-state index in [0.717, 1.165) is 5.56 Å². The Morgan fingerprint density at radius 1 is 1.19 bits per heavy atom. The van der Waals surface area contributed by atoms with Gasteiger partial charge in [0.1, 0.15) is 4.90 Å². The summed E-state index contributed by atoms with van der Waals surface area (Å²) in [6, 6.07) is 10.2. The molecule has 0 fully saturated rings. The lowest BCUT2D eigenvalue weighted by molar-refractivity contribution is 0.584. The van der Waals surface area contributed by atoms with Gasteiger partial charge in [0.05, 0.1) is 5.69 Å². The van der Waals surface area contributed by atoms with Crippen LogP contribution in [0.4, 0.5) is 5.69 Å². The minimum atomic E-state index is -3.63. The molecule has 0 aliphatic heterocycles.